The lowest BCUT2D eigenvalue weighted by Crippen LogP contribution is -2.15. The van der Waals surface area contributed by atoms with Gasteiger partial charge in [-0.2, -0.15) is 13.9 Å². The van der Waals surface area contributed by atoms with Gasteiger partial charge in [-0.15, -0.1) is 0 Å². The monoisotopic (exact) mass is 402 g/mol. The van der Waals surface area contributed by atoms with Gasteiger partial charge in [0.25, 0.3) is 5.91 Å². The van der Waals surface area contributed by atoms with E-state index in [1.165, 1.54) is 16.8 Å². The summed E-state index contributed by atoms with van der Waals surface area (Å²) in [7, 11) is 0. The molecule has 4 N–H and O–H groups in total. The highest BCUT2D eigenvalue weighted by molar-refractivity contribution is 5.98. The molecule has 3 rings (SSSR count). The first-order valence-electron chi connectivity index (χ1n) is 8.74. The van der Waals surface area contributed by atoms with E-state index in [0.29, 0.717) is 12.3 Å². The molecule has 0 saturated carbocycles. The Morgan fingerprint density at radius 1 is 1.03 bits per heavy atom. The zero-order chi connectivity index (χ0) is 20.8. The number of benzene rings is 2. The minimum atomic E-state index is -2.89. The first kappa shape index (κ1) is 20.3. The standard InChI is InChI=1S/C20H20F2N4O3/c21-20(22)29-15-8-6-13(7-9-15)10-26-18(23)17(19(24)27)16(25-26)12-28-11-14-4-2-1-3-5-14/h1-9,20H,10-12,23H2,(H2,24,27). The van der Waals surface area contributed by atoms with E-state index in [9.17, 15) is 13.6 Å². The SMILES string of the molecule is NC(=O)c1c(COCc2ccccc2)nn(Cc2ccc(OC(F)F)cc2)c1N. The molecule has 0 atom stereocenters. The molecule has 0 aliphatic rings. The number of amides is 1. The van der Waals surface area contributed by atoms with Crippen molar-refractivity contribution in [3.05, 3.63) is 77.0 Å². The van der Waals surface area contributed by atoms with Crippen molar-refractivity contribution in [1.82, 2.24) is 9.78 Å². The molecule has 2 aromatic carbocycles. The van der Waals surface area contributed by atoms with Gasteiger partial charge in [0.15, 0.2) is 0 Å². The number of halogens is 2. The third-order valence-electron chi connectivity index (χ3n) is 4.14. The van der Waals surface area contributed by atoms with Crippen molar-refractivity contribution in [1.29, 1.82) is 0 Å². The molecule has 9 heteroatoms. The van der Waals surface area contributed by atoms with Gasteiger partial charge in [-0.05, 0) is 23.3 Å². The van der Waals surface area contributed by atoms with E-state index >= 15 is 0 Å². The lowest BCUT2D eigenvalue weighted by molar-refractivity contribution is -0.0498. The molecule has 0 saturated heterocycles. The Labute approximate surface area is 165 Å². The van der Waals surface area contributed by atoms with Gasteiger partial charge in [-0.3, -0.25) is 4.79 Å². The second-order valence-electron chi connectivity index (χ2n) is 6.23. The number of hydrogen-bond donors (Lipinski definition) is 2. The van der Waals surface area contributed by atoms with Gasteiger partial charge in [0, 0.05) is 0 Å². The molecule has 3 aromatic rings. The maximum atomic E-state index is 12.2. The number of aromatic nitrogens is 2. The van der Waals surface area contributed by atoms with E-state index in [2.05, 4.69) is 9.84 Å². The van der Waals surface area contributed by atoms with E-state index < -0.39 is 12.5 Å². The van der Waals surface area contributed by atoms with Crippen LogP contribution in [-0.4, -0.2) is 22.3 Å². The molecule has 0 spiro atoms. The first-order chi connectivity index (χ1) is 13.9. The van der Waals surface area contributed by atoms with Crippen molar-refractivity contribution in [2.75, 3.05) is 5.73 Å². The smallest absolute Gasteiger partial charge is 0.387 e. The number of carbonyl (C=O) groups is 1. The zero-order valence-electron chi connectivity index (χ0n) is 15.4. The van der Waals surface area contributed by atoms with E-state index in [-0.39, 0.29) is 30.3 Å². The Morgan fingerprint density at radius 2 is 1.72 bits per heavy atom. The number of hydrogen-bond acceptors (Lipinski definition) is 5. The fourth-order valence-electron chi connectivity index (χ4n) is 2.81. The van der Waals surface area contributed by atoms with Crippen LogP contribution >= 0.6 is 0 Å². The summed E-state index contributed by atoms with van der Waals surface area (Å²) in [5.74, 6) is -0.540. The van der Waals surface area contributed by atoms with E-state index in [0.717, 1.165) is 11.1 Å². The largest absolute Gasteiger partial charge is 0.435 e. The van der Waals surface area contributed by atoms with Gasteiger partial charge in [-0.1, -0.05) is 42.5 Å². The third kappa shape index (κ3) is 5.29. The first-order valence-corrected chi connectivity index (χ1v) is 8.74. The molecule has 0 unspecified atom stereocenters. The molecule has 1 amide bonds. The molecule has 7 nitrogen and oxygen atoms in total. The second-order valence-corrected chi connectivity index (χ2v) is 6.23. The molecule has 0 aliphatic carbocycles. The molecule has 0 aliphatic heterocycles. The van der Waals surface area contributed by atoms with Crippen LogP contribution < -0.4 is 16.2 Å². The molecule has 152 valence electrons. The van der Waals surface area contributed by atoms with Crippen LogP contribution in [0.1, 0.15) is 27.2 Å². The van der Waals surface area contributed by atoms with Gasteiger partial charge in [0.05, 0.1) is 19.8 Å². The summed E-state index contributed by atoms with van der Waals surface area (Å²) in [6.07, 6.45) is 0. The Kier molecular flexibility index (Phi) is 6.40. The quantitative estimate of drug-likeness (QED) is 0.573. The molecule has 1 aromatic heterocycles. The van der Waals surface area contributed by atoms with Gasteiger partial charge in [-0.25, -0.2) is 4.68 Å². The average molecular weight is 402 g/mol. The molecule has 29 heavy (non-hydrogen) atoms. The molecular formula is C20H20F2N4O3. The minimum Gasteiger partial charge on any atom is -0.435 e. The van der Waals surface area contributed by atoms with Crippen LogP contribution in [0.2, 0.25) is 0 Å². The molecule has 0 bridgehead atoms. The van der Waals surface area contributed by atoms with E-state index in [1.54, 1.807) is 12.1 Å². The van der Waals surface area contributed by atoms with Crippen LogP contribution in [0.25, 0.3) is 0 Å². The molecule has 0 radical (unpaired) electrons. The van der Waals surface area contributed by atoms with Crippen molar-refractivity contribution < 1.29 is 23.0 Å². The number of primary amides is 1. The number of rotatable bonds is 9. The second kappa shape index (κ2) is 9.16. The predicted molar refractivity (Wildman–Crippen MR) is 102 cm³/mol. The number of nitrogen functional groups attached to an aromatic ring is 1. The summed E-state index contributed by atoms with van der Waals surface area (Å²) in [5.41, 5.74) is 13.7. The van der Waals surface area contributed by atoms with Crippen molar-refractivity contribution in [2.24, 2.45) is 5.73 Å². The third-order valence-corrected chi connectivity index (χ3v) is 4.14. The summed E-state index contributed by atoms with van der Waals surface area (Å²) in [4.78, 5) is 11.8. The minimum absolute atomic E-state index is 0.0463. The normalized spacial score (nSPS) is 11.0. The van der Waals surface area contributed by atoms with Crippen LogP contribution in [-0.2, 0) is 24.5 Å². The Hall–Kier alpha value is -3.46. The van der Waals surface area contributed by atoms with Crippen molar-refractivity contribution in [3.8, 4) is 5.75 Å². The molecule has 0 fully saturated rings. The van der Waals surface area contributed by atoms with Crippen LogP contribution in [0.3, 0.4) is 0 Å². The van der Waals surface area contributed by atoms with Crippen LogP contribution in [0.5, 0.6) is 5.75 Å². The Bertz CT molecular complexity index is 960. The van der Waals surface area contributed by atoms with Gasteiger partial charge < -0.3 is 20.9 Å². The van der Waals surface area contributed by atoms with Crippen LogP contribution in [0.15, 0.2) is 54.6 Å². The Morgan fingerprint density at radius 3 is 2.34 bits per heavy atom. The number of nitrogens with zero attached hydrogens (tertiary/aromatic N) is 2. The maximum Gasteiger partial charge on any atom is 0.387 e. The average Bonchev–Trinajstić information content (AvgIpc) is 2.99. The summed E-state index contributed by atoms with van der Waals surface area (Å²) in [6, 6.07) is 15.6. The summed E-state index contributed by atoms with van der Waals surface area (Å²) in [6.45, 7) is -2.26. The highest BCUT2D eigenvalue weighted by atomic mass is 19.3. The van der Waals surface area contributed by atoms with Crippen LogP contribution in [0, 0.1) is 0 Å². The van der Waals surface area contributed by atoms with Gasteiger partial charge in [0.1, 0.15) is 22.8 Å². The molecular weight excluding hydrogens is 382 g/mol. The number of anilines is 1. The zero-order valence-corrected chi connectivity index (χ0v) is 15.4. The maximum absolute atomic E-state index is 12.2. The highest BCUT2D eigenvalue weighted by Gasteiger charge is 2.20. The van der Waals surface area contributed by atoms with Gasteiger partial charge >= 0.3 is 6.61 Å². The summed E-state index contributed by atoms with van der Waals surface area (Å²) in [5, 5.41) is 4.34. The molecule has 1 heterocycles. The van der Waals surface area contributed by atoms with Crippen molar-refractivity contribution >= 4 is 11.7 Å². The fourth-order valence-corrected chi connectivity index (χ4v) is 2.81. The number of carbonyl (C=O) groups excluding carboxylic acids is 1. The van der Waals surface area contributed by atoms with Gasteiger partial charge in [0.2, 0.25) is 0 Å². The lowest BCUT2D eigenvalue weighted by atomic mass is 10.2. The Balaban J connectivity index is 1.72. The van der Waals surface area contributed by atoms with E-state index in [1.807, 2.05) is 30.3 Å². The van der Waals surface area contributed by atoms with Crippen molar-refractivity contribution in [2.45, 2.75) is 26.4 Å². The fraction of sp³-hybridized carbons (Fsp3) is 0.200. The van der Waals surface area contributed by atoms with E-state index in [4.69, 9.17) is 16.2 Å². The number of alkyl halides is 2. The number of nitrogens with two attached hydrogens (primary N) is 2. The lowest BCUT2D eigenvalue weighted by Gasteiger charge is -2.07. The summed E-state index contributed by atoms with van der Waals surface area (Å²) < 4.78 is 35.9. The highest BCUT2D eigenvalue weighted by Crippen LogP contribution is 2.21. The predicted octanol–water partition coefficient (Wildman–Crippen LogP) is 2.93. The van der Waals surface area contributed by atoms with Crippen molar-refractivity contribution in [3.63, 3.8) is 0 Å². The van der Waals surface area contributed by atoms with Crippen LogP contribution in [0.4, 0.5) is 14.6 Å². The summed E-state index contributed by atoms with van der Waals surface area (Å²) >= 11 is 0. The number of ether oxygens (including phenoxy) is 2. The topological polar surface area (TPSA) is 105 Å².